The highest BCUT2D eigenvalue weighted by atomic mass is 32.2. The van der Waals surface area contributed by atoms with Crippen molar-refractivity contribution in [2.24, 2.45) is 5.92 Å². The van der Waals surface area contributed by atoms with Crippen LogP contribution >= 0.6 is 0 Å². The van der Waals surface area contributed by atoms with Gasteiger partial charge < -0.3 is 4.84 Å². The van der Waals surface area contributed by atoms with E-state index in [1.165, 1.54) is 0 Å². The van der Waals surface area contributed by atoms with Crippen molar-refractivity contribution in [2.45, 2.75) is 19.3 Å². The van der Waals surface area contributed by atoms with Crippen LogP contribution in [0.1, 0.15) is 19.3 Å². The Morgan fingerprint density at radius 3 is 2.85 bits per heavy atom. The number of rotatable bonds is 5. The fourth-order valence-electron chi connectivity index (χ4n) is 1.65. The minimum absolute atomic E-state index is 0.366. The van der Waals surface area contributed by atoms with Gasteiger partial charge in [-0.2, -0.15) is 0 Å². The average molecular weight is 207 g/mol. The molecule has 1 N–H and O–H groups in total. The molecule has 0 aliphatic carbocycles. The van der Waals surface area contributed by atoms with Crippen LogP contribution in [0.4, 0.5) is 0 Å². The van der Waals surface area contributed by atoms with E-state index >= 15 is 0 Å². The molecule has 1 heterocycles. The van der Waals surface area contributed by atoms with Gasteiger partial charge in [0.1, 0.15) is 0 Å². The lowest BCUT2D eigenvalue weighted by Gasteiger charge is -2.06. The summed E-state index contributed by atoms with van der Waals surface area (Å²) in [5.74, 6) is 1.13. The molecule has 4 nitrogen and oxygen atoms in total. The minimum atomic E-state index is -2.69. The van der Waals surface area contributed by atoms with Gasteiger partial charge in [-0.15, -0.1) is 0 Å². The molecule has 5 heteroatoms. The van der Waals surface area contributed by atoms with Crippen LogP contribution in [0.3, 0.4) is 0 Å². The highest BCUT2D eigenvalue weighted by Gasteiger charge is 2.26. The molecule has 0 aromatic carbocycles. The van der Waals surface area contributed by atoms with Gasteiger partial charge in [0.25, 0.3) is 0 Å². The van der Waals surface area contributed by atoms with E-state index in [9.17, 15) is 8.42 Å². The van der Waals surface area contributed by atoms with Gasteiger partial charge in [0, 0.05) is 7.05 Å². The predicted octanol–water partition coefficient (Wildman–Crippen LogP) is 0.352. The first kappa shape index (κ1) is 10.9. The average Bonchev–Trinajstić information content (AvgIpc) is 2.40. The van der Waals surface area contributed by atoms with Crippen LogP contribution in [0.2, 0.25) is 0 Å². The Balaban J connectivity index is 2.11. The highest BCUT2D eigenvalue weighted by Crippen LogP contribution is 2.22. The summed E-state index contributed by atoms with van der Waals surface area (Å²) in [5, 5.41) is 0. The second-order valence-electron chi connectivity index (χ2n) is 3.46. The molecule has 13 heavy (non-hydrogen) atoms. The van der Waals surface area contributed by atoms with E-state index in [0.29, 0.717) is 24.0 Å². The molecular weight excluding hydrogens is 190 g/mol. The van der Waals surface area contributed by atoms with Crippen molar-refractivity contribution in [3.8, 4) is 0 Å². The molecule has 0 aromatic rings. The molecule has 1 unspecified atom stereocenters. The summed E-state index contributed by atoms with van der Waals surface area (Å²) in [6.07, 6.45) is 2.73. The Morgan fingerprint density at radius 2 is 2.31 bits per heavy atom. The quantitative estimate of drug-likeness (QED) is 0.522. The summed E-state index contributed by atoms with van der Waals surface area (Å²) >= 11 is 0. The molecule has 0 saturated carbocycles. The van der Waals surface area contributed by atoms with E-state index in [1.54, 1.807) is 7.05 Å². The predicted molar refractivity (Wildman–Crippen MR) is 51.0 cm³/mol. The standard InChI is InChI=1S/C8H17NO3S/c1-9-12-5-2-3-8-4-6-13(10,11)7-8/h8-9H,2-7H2,1H3. The lowest BCUT2D eigenvalue weighted by molar-refractivity contribution is 0.0536. The zero-order valence-electron chi connectivity index (χ0n) is 7.95. The van der Waals surface area contributed by atoms with Gasteiger partial charge in [0.2, 0.25) is 0 Å². The van der Waals surface area contributed by atoms with Crippen LogP contribution in [0, 0.1) is 5.92 Å². The topological polar surface area (TPSA) is 55.4 Å². The smallest absolute Gasteiger partial charge is 0.150 e. The number of hydrogen-bond acceptors (Lipinski definition) is 4. The van der Waals surface area contributed by atoms with Crippen molar-refractivity contribution >= 4 is 9.84 Å². The van der Waals surface area contributed by atoms with Crippen molar-refractivity contribution < 1.29 is 13.3 Å². The zero-order valence-corrected chi connectivity index (χ0v) is 8.77. The first-order valence-corrected chi connectivity index (χ1v) is 6.45. The Kier molecular flexibility index (Phi) is 4.15. The van der Waals surface area contributed by atoms with E-state index in [-0.39, 0.29) is 0 Å². The Labute approximate surface area is 79.5 Å². The third-order valence-electron chi connectivity index (χ3n) is 2.33. The minimum Gasteiger partial charge on any atom is -0.302 e. The lowest BCUT2D eigenvalue weighted by Crippen LogP contribution is -2.10. The second-order valence-corrected chi connectivity index (χ2v) is 5.69. The van der Waals surface area contributed by atoms with Crippen molar-refractivity contribution in [1.82, 2.24) is 5.48 Å². The fourth-order valence-corrected chi connectivity index (χ4v) is 3.56. The molecule has 78 valence electrons. The lowest BCUT2D eigenvalue weighted by atomic mass is 10.0. The molecule has 1 fully saturated rings. The van der Waals surface area contributed by atoms with Gasteiger partial charge in [-0.3, -0.25) is 0 Å². The first-order valence-electron chi connectivity index (χ1n) is 4.63. The van der Waals surface area contributed by atoms with E-state index in [4.69, 9.17) is 4.84 Å². The SMILES string of the molecule is CNOCCCC1CCS(=O)(=O)C1. The molecule has 1 atom stereocenters. The maximum Gasteiger partial charge on any atom is 0.150 e. The van der Waals surface area contributed by atoms with E-state index in [0.717, 1.165) is 19.3 Å². The van der Waals surface area contributed by atoms with Crippen LogP contribution in [-0.2, 0) is 14.7 Å². The first-order chi connectivity index (χ1) is 6.14. The largest absolute Gasteiger partial charge is 0.302 e. The number of sulfone groups is 1. The van der Waals surface area contributed by atoms with E-state index in [1.807, 2.05) is 0 Å². The van der Waals surface area contributed by atoms with Crippen molar-refractivity contribution in [3.63, 3.8) is 0 Å². The number of hydroxylamine groups is 1. The van der Waals surface area contributed by atoms with Crippen molar-refractivity contribution in [1.29, 1.82) is 0 Å². The second kappa shape index (κ2) is 4.93. The Morgan fingerprint density at radius 1 is 1.54 bits per heavy atom. The zero-order chi connectivity index (χ0) is 9.73. The molecule has 0 bridgehead atoms. The third kappa shape index (κ3) is 4.06. The molecular formula is C8H17NO3S. The van der Waals surface area contributed by atoms with Crippen LogP contribution in [0.15, 0.2) is 0 Å². The molecule has 1 aliphatic heterocycles. The fraction of sp³-hybridized carbons (Fsp3) is 1.00. The maximum atomic E-state index is 11.1. The summed E-state index contributed by atoms with van der Waals surface area (Å²) in [6.45, 7) is 0.660. The summed E-state index contributed by atoms with van der Waals surface area (Å²) in [7, 11) is -0.972. The van der Waals surface area contributed by atoms with Gasteiger partial charge in [0.05, 0.1) is 18.1 Å². The van der Waals surface area contributed by atoms with Crippen LogP contribution in [0.5, 0.6) is 0 Å². The van der Waals surface area contributed by atoms with Gasteiger partial charge >= 0.3 is 0 Å². The van der Waals surface area contributed by atoms with Crippen LogP contribution in [0.25, 0.3) is 0 Å². The van der Waals surface area contributed by atoms with Gasteiger partial charge in [0.15, 0.2) is 9.84 Å². The molecule has 0 spiro atoms. The maximum absolute atomic E-state index is 11.1. The van der Waals surface area contributed by atoms with E-state index in [2.05, 4.69) is 5.48 Å². The molecule has 1 rings (SSSR count). The molecule has 1 saturated heterocycles. The Hall–Kier alpha value is -0.130. The summed E-state index contributed by atoms with van der Waals surface area (Å²) < 4.78 is 22.2. The number of nitrogens with one attached hydrogen (secondary N) is 1. The Bertz CT molecular complexity index is 238. The normalized spacial score (nSPS) is 26.4. The summed E-state index contributed by atoms with van der Waals surface area (Å²) in [4.78, 5) is 4.95. The monoisotopic (exact) mass is 207 g/mol. The molecule has 0 amide bonds. The molecule has 1 aliphatic rings. The molecule has 0 radical (unpaired) electrons. The number of hydrogen-bond donors (Lipinski definition) is 1. The highest BCUT2D eigenvalue weighted by molar-refractivity contribution is 7.91. The van der Waals surface area contributed by atoms with Crippen LogP contribution < -0.4 is 5.48 Å². The summed E-state index contributed by atoms with van der Waals surface area (Å²) in [5.41, 5.74) is 2.59. The van der Waals surface area contributed by atoms with Crippen molar-refractivity contribution in [3.05, 3.63) is 0 Å². The van der Waals surface area contributed by atoms with E-state index < -0.39 is 9.84 Å². The van der Waals surface area contributed by atoms with Gasteiger partial charge in [-0.25, -0.2) is 13.9 Å². The third-order valence-corrected chi connectivity index (χ3v) is 4.17. The summed E-state index contributed by atoms with van der Waals surface area (Å²) in [6, 6.07) is 0. The van der Waals surface area contributed by atoms with Crippen molar-refractivity contribution in [2.75, 3.05) is 25.2 Å². The van der Waals surface area contributed by atoms with Gasteiger partial charge in [-0.1, -0.05) is 0 Å². The van der Waals surface area contributed by atoms with Crippen LogP contribution in [-0.4, -0.2) is 33.6 Å². The molecule has 0 aromatic heterocycles. The van der Waals surface area contributed by atoms with Gasteiger partial charge in [-0.05, 0) is 25.2 Å².